The Morgan fingerprint density at radius 2 is 1.36 bits per heavy atom. The lowest BCUT2D eigenvalue weighted by Gasteiger charge is -2.13. The minimum Gasteiger partial charge on any atom is -0.508 e. The van der Waals surface area contributed by atoms with Gasteiger partial charge in [0.25, 0.3) is 0 Å². The first kappa shape index (κ1) is 47.3. The van der Waals surface area contributed by atoms with Gasteiger partial charge < -0.3 is 9.84 Å². The molecule has 8 nitrogen and oxygen atoms in total. The molecule has 2 aliphatic rings. The minimum atomic E-state index is 0.174. The molecule has 1 N–H and O–H groups in total. The van der Waals surface area contributed by atoms with Crippen molar-refractivity contribution in [2.75, 3.05) is 6.61 Å². The second-order valence-electron chi connectivity index (χ2n) is 16.5. The number of aromatic nitrogens is 4. The molecule has 8 heteroatoms. The third kappa shape index (κ3) is 11.3. The van der Waals surface area contributed by atoms with E-state index in [2.05, 4.69) is 98.7 Å². The Labute approximate surface area is 409 Å². The molecule has 0 fully saturated rings. The number of aliphatic imine (C=N–C) groups is 1. The Kier molecular flexibility index (Phi) is 15.2. The predicted octanol–water partition coefficient (Wildman–Crippen LogP) is 10.9. The van der Waals surface area contributed by atoms with Crippen molar-refractivity contribution in [3.05, 3.63) is 213 Å². The molecule has 1 atom stereocenters. The van der Waals surface area contributed by atoms with E-state index >= 15 is 0 Å². The fourth-order valence-electron chi connectivity index (χ4n) is 8.33. The highest BCUT2D eigenvalue weighted by atomic mass is 16.5. The third-order valence-electron chi connectivity index (χ3n) is 11.9. The molecule has 0 amide bonds. The first-order chi connectivity index (χ1) is 34.3. The minimum absolute atomic E-state index is 0.174. The van der Waals surface area contributed by atoms with Crippen LogP contribution in [-0.2, 0) is 38.5 Å². The fraction of sp³-hybridized carbons (Fsp3) is 0.145. The monoisotopic (exact) mass is 911 g/mol. The lowest BCUT2D eigenvalue weighted by molar-refractivity contribution is 0.370. The van der Waals surface area contributed by atoms with Crippen molar-refractivity contribution in [1.82, 2.24) is 20.2 Å². The lowest BCUT2D eigenvalue weighted by Crippen LogP contribution is -1.99. The SMILES string of the molecule is C#CCOc1ccc2c(c1)CCc1ccccc1-c1c-2c1=O.C#CCc1ccc(C2=NC2c2ccccc2)cc1.C#CCc1cccc2cc(CC)c(O)cc12.C#CCc1nnn(-c2ccccc2)n1. The van der Waals surface area contributed by atoms with E-state index in [9.17, 15) is 9.90 Å². The van der Waals surface area contributed by atoms with Crippen LogP contribution < -0.4 is 10.2 Å². The normalized spacial score (nSPS) is 12.5. The number of rotatable bonds is 9. The summed E-state index contributed by atoms with van der Waals surface area (Å²) in [6.45, 7) is 2.29. The van der Waals surface area contributed by atoms with Crippen molar-refractivity contribution in [3.63, 3.8) is 0 Å². The summed E-state index contributed by atoms with van der Waals surface area (Å²) in [7, 11) is 0. The zero-order chi connectivity index (χ0) is 48.8. The third-order valence-corrected chi connectivity index (χ3v) is 11.9. The molecular formula is C62H49N5O3. The van der Waals surface area contributed by atoms with Crippen molar-refractivity contribution in [1.29, 1.82) is 0 Å². The van der Waals surface area contributed by atoms with Crippen LogP contribution in [-0.4, -0.2) is 37.6 Å². The maximum atomic E-state index is 12.3. The Hall–Kier alpha value is -9.21. The van der Waals surface area contributed by atoms with E-state index in [0.717, 1.165) is 80.4 Å². The smallest absolute Gasteiger partial charge is 0.195 e. The number of benzene rings is 7. The van der Waals surface area contributed by atoms with E-state index in [-0.39, 0.29) is 18.1 Å². The summed E-state index contributed by atoms with van der Waals surface area (Å²) in [5.74, 6) is 11.9. The number of ether oxygens (including phenoxy) is 1. The van der Waals surface area contributed by atoms with Crippen LogP contribution in [0.3, 0.4) is 0 Å². The van der Waals surface area contributed by atoms with E-state index in [1.807, 2.05) is 110 Å². The largest absolute Gasteiger partial charge is 0.508 e. The first-order valence-electron chi connectivity index (χ1n) is 23.0. The molecule has 1 aliphatic carbocycles. The molecule has 0 radical (unpaired) electrons. The zero-order valence-corrected chi connectivity index (χ0v) is 38.8. The number of aromatic hydroxyl groups is 1. The number of terminal acetylenes is 4. The van der Waals surface area contributed by atoms with Crippen LogP contribution in [0.4, 0.5) is 0 Å². The number of phenolic OH excluding ortho intramolecular Hbond substituents is 1. The van der Waals surface area contributed by atoms with Crippen LogP contribution in [0.2, 0.25) is 0 Å². The van der Waals surface area contributed by atoms with Gasteiger partial charge in [0.05, 0.1) is 17.8 Å². The van der Waals surface area contributed by atoms with Gasteiger partial charge in [0.15, 0.2) is 11.3 Å². The number of fused-ring (bicyclic) bond motifs is 6. The number of hydrogen-bond donors (Lipinski definition) is 1. The summed E-state index contributed by atoms with van der Waals surface area (Å²) in [5.41, 5.74) is 14.2. The number of tetrazole rings is 1. The molecule has 340 valence electrons. The molecule has 1 aliphatic heterocycles. The Balaban J connectivity index is 0.000000127. The molecule has 1 aromatic heterocycles. The number of phenols is 1. The van der Waals surface area contributed by atoms with Gasteiger partial charge in [-0.05, 0) is 122 Å². The van der Waals surface area contributed by atoms with Crippen molar-refractivity contribution in [3.8, 4) is 88.8 Å². The second-order valence-corrected chi connectivity index (χ2v) is 16.5. The molecule has 0 saturated heterocycles. The molecule has 0 saturated carbocycles. The van der Waals surface area contributed by atoms with E-state index in [1.54, 1.807) is 0 Å². The molecule has 70 heavy (non-hydrogen) atoms. The highest BCUT2D eigenvalue weighted by molar-refractivity contribution is 6.13. The summed E-state index contributed by atoms with van der Waals surface area (Å²) in [6.07, 6.45) is 25.4. The van der Waals surface area contributed by atoms with Crippen LogP contribution in [0.25, 0.3) is 38.7 Å². The maximum absolute atomic E-state index is 12.3. The summed E-state index contributed by atoms with van der Waals surface area (Å²) in [6, 6.07) is 52.5. The Morgan fingerprint density at radius 1 is 0.671 bits per heavy atom. The van der Waals surface area contributed by atoms with Gasteiger partial charge in [-0.1, -0.05) is 140 Å². The van der Waals surface area contributed by atoms with Crippen LogP contribution >= 0.6 is 0 Å². The Morgan fingerprint density at radius 3 is 2.07 bits per heavy atom. The van der Waals surface area contributed by atoms with Gasteiger partial charge in [-0.2, -0.15) is 0 Å². The van der Waals surface area contributed by atoms with Gasteiger partial charge in [0.1, 0.15) is 24.1 Å². The summed E-state index contributed by atoms with van der Waals surface area (Å²) >= 11 is 0. The Bertz CT molecular complexity index is 3480. The van der Waals surface area contributed by atoms with Gasteiger partial charge in [-0.25, -0.2) is 0 Å². The van der Waals surface area contributed by atoms with Crippen molar-refractivity contribution in [2.45, 2.75) is 51.5 Å². The molecule has 8 aromatic carbocycles. The van der Waals surface area contributed by atoms with Crippen LogP contribution in [0.5, 0.6) is 11.5 Å². The average Bonchev–Trinajstić information content (AvgIpc) is 4.28. The van der Waals surface area contributed by atoms with E-state index < -0.39 is 0 Å². The van der Waals surface area contributed by atoms with E-state index in [0.29, 0.717) is 30.8 Å². The summed E-state index contributed by atoms with van der Waals surface area (Å²) in [4.78, 5) is 18.3. The molecule has 2 heterocycles. The maximum Gasteiger partial charge on any atom is 0.195 e. The van der Waals surface area contributed by atoms with Gasteiger partial charge >= 0.3 is 0 Å². The highest BCUT2D eigenvalue weighted by Crippen LogP contribution is 2.41. The second kappa shape index (κ2) is 22.5. The van der Waals surface area contributed by atoms with Crippen molar-refractivity contribution in [2.24, 2.45) is 4.99 Å². The van der Waals surface area contributed by atoms with Gasteiger partial charge in [-0.15, -0.1) is 52.5 Å². The standard InChI is InChI=1S/C20H14O2.C17H13N.C15H14O.C10H8N4/c1-2-11-22-15-9-10-17-14(12-15)8-7-13-5-3-4-6-16(13)18-19(17)20(18)21;1-2-6-13-9-11-15(12-10-13)17-16(18-17)14-7-4-3-5-8-14;1-3-6-12-7-5-8-13-9-11(4-2)15(16)10-14(12)13;1-2-6-10-11-13-14(12-10)9-7-4-3-5-8-9/h1,3-6,9-10,12H,7-8,11H2;1,3-5,7-12,16H,6H2;1,5,7-10,16H,4,6H2,2H3;1,3-5,7-8H,6H2. The number of nitrogens with zero attached hydrogens (tertiary/aromatic N) is 5. The molecule has 9 aromatic rings. The van der Waals surface area contributed by atoms with Gasteiger partial charge in [0.2, 0.25) is 0 Å². The topological polar surface area (TPSA) is 102 Å². The highest BCUT2D eigenvalue weighted by Gasteiger charge is 2.31. The zero-order valence-electron chi connectivity index (χ0n) is 38.8. The molecule has 0 bridgehead atoms. The van der Waals surface area contributed by atoms with Crippen molar-refractivity contribution >= 4 is 16.5 Å². The lowest BCUT2D eigenvalue weighted by atomic mass is 9.92. The summed E-state index contributed by atoms with van der Waals surface area (Å²) in [5, 5.41) is 23.9. The van der Waals surface area contributed by atoms with Gasteiger partial charge in [0, 0.05) is 24.0 Å². The predicted molar refractivity (Wildman–Crippen MR) is 282 cm³/mol. The average molecular weight is 912 g/mol. The fourth-order valence-corrected chi connectivity index (χ4v) is 8.33. The van der Waals surface area contributed by atoms with E-state index in [1.165, 1.54) is 32.8 Å². The molecular weight excluding hydrogens is 863 g/mol. The summed E-state index contributed by atoms with van der Waals surface area (Å²) < 4.78 is 5.50. The number of para-hydroxylation sites is 1. The van der Waals surface area contributed by atoms with Crippen LogP contribution in [0.1, 0.15) is 57.7 Å². The van der Waals surface area contributed by atoms with E-state index in [4.69, 9.17) is 30.4 Å². The molecule has 11 rings (SSSR count). The van der Waals surface area contributed by atoms with Crippen molar-refractivity contribution < 1.29 is 9.84 Å². The molecule has 0 spiro atoms. The quantitative estimate of drug-likeness (QED) is 0.145. The van der Waals surface area contributed by atoms with Gasteiger partial charge in [-0.3, -0.25) is 9.79 Å². The number of hydrogen-bond acceptors (Lipinski definition) is 7. The number of aryl methyl sites for hydroxylation is 3. The molecule has 1 unspecified atom stereocenters. The van der Waals surface area contributed by atoms with Crippen LogP contribution in [0.15, 0.2) is 168 Å². The van der Waals surface area contributed by atoms with Crippen LogP contribution in [0, 0.1) is 49.4 Å². The first-order valence-corrected chi connectivity index (χ1v) is 23.0.